The first kappa shape index (κ1) is 12.0. The summed E-state index contributed by atoms with van der Waals surface area (Å²) >= 11 is 0. The Morgan fingerprint density at radius 1 is 1.27 bits per heavy atom. The van der Waals surface area contributed by atoms with Crippen LogP contribution < -0.4 is 0 Å². The summed E-state index contributed by atoms with van der Waals surface area (Å²) in [7, 11) is 0. The molecule has 0 aliphatic heterocycles. The average Bonchev–Trinajstić information content (AvgIpc) is 2.28. The van der Waals surface area contributed by atoms with Crippen LogP contribution in [0.25, 0.3) is 0 Å². The van der Waals surface area contributed by atoms with Crippen molar-refractivity contribution in [2.45, 2.75) is 32.6 Å². The van der Waals surface area contributed by atoms with E-state index in [0.717, 1.165) is 25.7 Å². The zero-order chi connectivity index (χ0) is 10.9. The van der Waals surface area contributed by atoms with Gasteiger partial charge < -0.3 is 5.11 Å². The van der Waals surface area contributed by atoms with E-state index < -0.39 is 0 Å². The molecule has 0 bridgehead atoms. The van der Waals surface area contributed by atoms with Gasteiger partial charge in [0.25, 0.3) is 0 Å². The van der Waals surface area contributed by atoms with Crippen molar-refractivity contribution in [3.63, 3.8) is 0 Å². The van der Waals surface area contributed by atoms with Gasteiger partial charge in [0, 0.05) is 6.61 Å². The summed E-state index contributed by atoms with van der Waals surface area (Å²) in [6.45, 7) is 2.46. The normalized spacial score (nSPS) is 11.7. The predicted molar refractivity (Wildman–Crippen MR) is 64.8 cm³/mol. The highest BCUT2D eigenvalue weighted by atomic mass is 16.2. The van der Waals surface area contributed by atoms with E-state index in [0.29, 0.717) is 6.61 Å². The summed E-state index contributed by atoms with van der Waals surface area (Å²) in [5.74, 6) is 0. The van der Waals surface area contributed by atoms with Crippen molar-refractivity contribution >= 4 is 0 Å². The van der Waals surface area contributed by atoms with Gasteiger partial charge in [-0.25, -0.2) is 0 Å². The topological polar surface area (TPSA) is 20.2 Å². The molecule has 0 unspecified atom stereocenters. The summed E-state index contributed by atoms with van der Waals surface area (Å²) in [4.78, 5) is 0. The molecular formula is C14H20O. The van der Waals surface area contributed by atoms with Crippen molar-refractivity contribution < 1.29 is 5.11 Å². The monoisotopic (exact) mass is 204 g/mol. The van der Waals surface area contributed by atoms with Crippen LogP contribution in [0.2, 0.25) is 0 Å². The second kappa shape index (κ2) is 7.24. The van der Waals surface area contributed by atoms with Crippen molar-refractivity contribution in [1.82, 2.24) is 0 Å². The third kappa shape index (κ3) is 5.38. The lowest BCUT2D eigenvalue weighted by atomic mass is 10.0. The van der Waals surface area contributed by atoms with E-state index in [9.17, 15) is 0 Å². The highest BCUT2D eigenvalue weighted by molar-refractivity contribution is 5.16. The van der Waals surface area contributed by atoms with Gasteiger partial charge in [0.15, 0.2) is 0 Å². The van der Waals surface area contributed by atoms with E-state index in [-0.39, 0.29) is 0 Å². The quantitative estimate of drug-likeness (QED) is 0.556. The van der Waals surface area contributed by atoms with Crippen LogP contribution in [0.3, 0.4) is 0 Å². The first-order valence-corrected chi connectivity index (χ1v) is 5.63. The van der Waals surface area contributed by atoms with Crippen LogP contribution in [0.4, 0.5) is 0 Å². The van der Waals surface area contributed by atoms with E-state index >= 15 is 0 Å². The smallest absolute Gasteiger partial charge is 0.0433 e. The summed E-state index contributed by atoms with van der Waals surface area (Å²) in [6.07, 6.45) is 6.34. The highest BCUT2D eigenvalue weighted by Gasteiger charge is 1.93. The predicted octanol–water partition coefficient (Wildman–Crippen LogP) is 3.34. The number of unbranched alkanes of at least 4 members (excludes halogenated alkanes) is 1. The molecule has 1 aromatic carbocycles. The molecule has 82 valence electrons. The Morgan fingerprint density at radius 2 is 2.00 bits per heavy atom. The number of allylic oxidation sites excluding steroid dienone is 2. The Morgan fingerprint density at radius 3 is 2.67 bits per heavy atom. The largest absolute Gasteiger partial charge is 0.396 e. The van der Waals surface area contributed by atoms with Gasteiger partial charge in [0.2, 0.25) is 0 Å². The van der Waals surface area contributed by atoms with Crippen LogP contribution >= 0.6 is 0 Å². The molecule has 15 heavy (non-hydrogen) atoms. The van der Waals surface area contributed by atoms with Gasteiger partial charge in [0.1, 0.15) is 0 Å². The second-order valence-corrected chi connectivity index (χ2v) is 3.90. The number of aryl methyl sites for hydroxylation is 1. The number of hydrogen-bond donors (Lipinski definition) is 1. The Hall–Kier alpha value is -1.08. The molecule has 0 heterocycles. The molecule has 1 nitrogen and oxygen atoms in total. The molecule has 0 spiro atoms. The molecule has 0 radical (unpaired) electrons. The van der Waals surface area contributed by atoms with Gasteiger partial charge in [0.05, 0.1) is 0 Å². The molecule has 0 aliphatic carbocycles. The van der Waals surface area contributed by atoms with Gasteiger partial charge in [-0.15, -0.1) is 0 Å². The summed E-state index contributed by atoms with van der Waals surface area (Å²) in [5, 5.41) is 8.66. The fourth-order valence-corrected chi connectivity index (χ4v) is 1.53. The maximum absolute atomic E-state index is 8.66. The SMILES string of the molecule is CC(=CCCCO)CCc1ccccc1. The van der Waals surface area contributed by atoms with Crippen LogP contribution in [-0.2, 0) is 6.42 Å². The first-order valence-electron chi connectivity index (χ1n) is 5.63. The van der Waals surface area contributed by atoms with E-state index in [1.54, 1.807) is 0 Å². The zero-order valence-corrected chi connectivity index (χ0v) is 9.45. The van der Waals surface area contributed by atoms with E-state index in [4.69, 9.17) is 5.11 Å². The van der Waals surface area contributed by atoms with Crippen LogP contribution in [0.1, 0.15) is 31.7 Å². The molecular weight excluding hydrogens is 184 g/mol. The Kier molecular flexibility index (Phi) is 5.79. The molecule has 1 N–H and O–H groups in total. The van der Waals surface area contributed by atoms with Gasteiger partial charge in [-0.1, -0.05) is 42.0 Å². The van der Waals surface area contributed by atoms with Crippen LogP contribution in [0.5, 0.6) is 0 Å². The van der Waals surface area contributed by atoms with Gasteiger partial charge >= 0.3 is 0 Å². The molecule has 0 saturated heterocycles. The van der Waals surface area contributed by atoms with Gasteiger partial charge in [-0.3, -0.25) is 0 Å². The fraction of sp³-hybridized carbons (Fsp3) is 0.429. The molecule has 1 heteroatoms. The zero-order valence-electron chi connectivity index (χ0n) is 9.45. The van der Waals surface area contributed by atoms with Crippen molar-refractivity contribution in [2.75, 3.05) is 6.61 Å². The van der Waals surface area contributed by atoms with Crippen molar-refractivity contribution in [1.29, 1.82) is 0 Å². The van der Waals surface area contributed by atoms with Crippen molar-refractivity contribution in [3.8, 4) is 0 Å². The van der Waals surface area contributed by atoms with Crippen molar-refractivity contribution in [2.24, 2.45) is 0 Å². The lowest BCUT2D eigenvalue weighted by molar-refractivity contribution is 0.289. The molecule has 0 fully saturated rings. The van der Waals surface area contributed by atoms with E-state index in [1.165, 1.54) is 11.1 Å². The highest BCUT2D eigenvalue weighted by Crippen LogP contribution is 2.09. The summed E-state index contributed by atoms with van der Waals surface area (Å²) < 4.78 is 0. The van der Waals surface area contributed by atoms with E-state index in [1.807, 2.05) is 6.07 Å². The Labute approximate surface area is 92.5 Å². The molecule has 0 saturated carbocycles. The molecule has 0 atom stereocenters. The Bertz CT molecular complexity index is 287. The minimum absolute atomic E-state index is 0.294. The van der Waals surface area contributed by atoms with E-state index in [2.05, 4.69) is 37.3 Å². The number of rotatable bonds is 6. The molecule has 1 rings (SSSR count). The maximum atomic E-state index is 8.66. The minimum atomic E-state index is 0.294. The maximum Gasteiger partial charge on any atom is 0.0433 e. The average molecular weight is 204 g/mol. The number of aliphatic hydroxyl groups excluding tert-OH is 1. The van der Waals surface area contributed by atoms with Gasteiger partial charge in [-0.2, -0.15) is 0 Å². The summed E-state index contributed by atoms with van der Waals surface area (Å²) in [6, 6.07) is 10.6. The van der Waals surface area contributed by atoms with Crippen LogP contribution in [-0.4, -0.2) is 11.7 Å². The van der Waals surface area contributed by atoms with Gasteiger partial charge in [-0.05, 0) is 38.2 Å². The first-order chi connectivity index (χ1) is 7.33. The van der Waals surface area contributed by atoms with Crippen LogP contribution in [0, 0.1) is 0 Å². The lowest BCUT2D eigenvalue weighted by Gasteiger charge is -2.02. The van der Waals surface area contributed by atoms with Crippen LogP contribution in [0.15, 0.2) is 42.0 Å². The summed E-state index contributed by atoms with van der Waals surface area (Å²) in [5.41, 5.74) is 2.82. The van der Waals surface area contributed by atoms with Crippen molar-refractivity contribution in [3.05, 3.63) is 47.5 Å². The molecule has 0 amide bonds. The molecule has 1 aromatic rings. The Balaban J connectivity index is 2.28. The minimum Gasteiger partial charge on any atom is -0.396 e. The second-order valence-electron chi connectivity index (χ2n) is 3.90. The molecule has 0 aromatic heterocycles. The standard InChI is InChI=1S/C14H20O/c1-13(7-5-6-12-15)10-11-14-8-3-2-4-9-14/h2-4,7-9,15H,5-6,10-12H2,1H3. The lowest BCUT2D eigenvalue weighted by Crippen LogP contribution is -1.87. The number of benzene rings is 1. The molecule has 0 aliphatic rings. The third-order valence-corrected chi connectivity index (χ3v) is 2.51. The third-order valence-electron chi connectivity index (χ3n) is 2.51. The fourth-order valence-electron chi connectivity index (χ4n) is 1.53. The number of hydrogen-bond acceptors (Lipinski definition) is 1. The number of aliphatic hydroxyl groups is 1.